The summed E-state index contributed by atoms with van der Waals surface area (Å²) in [5.41, 5.74) is 1.16. The van der Waals surface area contributed by atoms with Gasteiger partial charge in [-0.1, -0.05) is 30.3 Å². The molecule has 0 aliphatic heterocycles. The molecule has 0 saturated heterocycles. The Kier molecular flexibility index (Phi) is 4.75. The van der Waals surface area contributed by atoms with Gasteiger partial charge >= 0.3 is 0 Å². The summed E-state index contributed by atoms with van der Waals surface area (Å²) in [4.78, 5) is 0. The van der Waals surface area contributed by atoms with Gasteiger partial charge in [0.2, 0.25) is 0 Å². The standard InChI is InChI=1S/C12H19NO2/c1-10(2)13(14)12(15-3)9-11-7-5-4-6-8-11/h4-8,10,12,14H,9H2,1-3H3. The van der Waals surface area contributed by atoms with E-state index in [1.54, 1.807) is 7.11 Å². The van der Waals surface area contributed by atoms with Crippen LogP contribution in [0.25, 0.3) is 0 Å². The van der Waals surface area contributed by atoms with Crippen molar-refractivity contribution >= 4 is 0 Å². The minimum absolute atomic E-state index is 0.0543. The molecule has 0 fully saturated rings. The predicted octanol–water partition coefficient (Wildman–Crippen LogP) is 2.30. The van der Waals surface area contributed by atoms with E-state index in [9.17, 15) is 5.21 Å². The molecular weight excluding hydrogens is 190 g/mol. The Morgan fingerprint density at radius 2 is 1.87 bits per heavy atom. The summed E-state index contributed by atoms with van der Waals surface area (Å²) in [6.07, 6.45) is 0.402. The largest absolute Gasteiger partial charge is 0.364 e. The van der Waals surface area contributed by atoms with Gasteiger partial charge in [-0.25, -0.2) is 0 Å². The monoisotopic (exact) mass is 209 g/mol. The van der Waals surface area contributed by atoms with Gasteiger partial charge in [-0.15, -0.1) is 0 Å². The molecule has 1 atom stereocenters. The average molecular weight is 209 g/mol. The third-order valence-corrected chi connectivity index (χ3v) is 2.35. The second-order valence-corrected chi connectivity index (χ2v) is 3.85. The molecule has 0 saturated carbocycles. The average Bonchev–Trinajstić information content (AvgIpc) is 2.26. The Morgan fingerprint density at radius 3 is 2.33 bits per heavy atom. The molecule has 0 radical (unpaired) electrons. The molecule has 0 aliphatic rings. The van der Waals surface area contributed by atoms with Gasteiger partial charge in [-0.05, 0) is 19.4 Å². The lowest BCUT2D eigenvalue weighted by Crippen LogP contribution is -2.40. The molecular formula is C12H19NO2. The molecule has 1 unspecified atom stereocenters. The van der Waals surface area contributed by atoms with Crippen molar-refractivity contribution in [2.24, 2.45) is 0 Å². The number of nitrogens with zero attached hydrogens (tertiary/aromatic N) is 1. The maximum Gasteiger partial charge on any atom is 0.136 e. The Morgan fingerprint density at radius 1 is 1.27 bits per heavy atom. The van der Waals surface area contributed by atoms with Crippen molar-refractivity contribution < 1.29 is 9.94 Å². The molecule has 0 spiro atoms. The molecule has 3 nitrogen and oxygen atoms in total. The van der Waals surface area contributed by atoms with E-state index in [0.29, 0.717) is 6.42 Å². The van der Waals surface area contributed by atoms with Gasteiger partial charge < -0.3 is 9.94 Å². The van der Waals surface area contributed by atoms with E-state index in [0.717, 1.165) is 5.56 Å². The van der Waals surface area contributed by atoms with Crippen molar-refractivity contribution in [1.29, 1.82) is 0 Å². The second-order valence-electron chi connectivity index (χ2n) is 3.85. The van der Waals surface area contributed by atoms with E-state index in [4.69, 9.17) is 4.74 Å². The predicted molar refractivity (Wildman–Crippen MR) is 59.7 cm³/mol. The summed E-state index contributed by atoms with van der Waals surface area (Å²) in [6.45, 7) is 3.86. The molecule has 1 rings (SSSR count). The van der Waals surface area contributed by atoms with Gasteiger partial charge in [0, 0.05) is 19.6 Å². The number of rotatable bonds is 5. The van der Waals surface area contributed by atoms with Gasteiger partial charge in [0.05, 0.1) is 0 Å². The highest BCUT2D eigenvalue weighted by Crippen LogP contribution is 2.10. The van der Waals surface area contributed by atoms with E-state index in [2.05, 4.69) is 0 Å². The maximum atomic E-state index is 9.76. The number of hydrogen-bond donors (Lipinski definition) is 1. The molecule has 1 N–H and O–H groups in total. The van der Waals surface area contributed by atoms with Crippen LogP contribution in [0.3, 0.4) is 0 Å². The van der Waals surface area contributed by atoms with Crippen LogP contribution in [0.2, 0.25) is 0 Å². The summed E-state index contributed by atoms with van der Waals surface area (Å²) in [5, 5.41) is 11.0. The number of hydroxylamine groups is 2. The van der Waals surface area contributed by atoms with Crippen LogP contribution in [0.1, 0.15) is 19.4 Å². The van der Waals surface area contributed by atoms with E-state index in [1.807, 2.05) is 44.2 Å². The first-order valence-corrected chi connectivity index (χ1v) is 5.19. The molecule has 15 heavy (non-hydrogen) atoms. The summed E-state index contributed by atoms with van der Waals surface area (Å²) in [5.74, 6) is 0. The fourth-order valence-corrected chi connectivity index (χ4v) is 1.43. The maximum absolute atomic E-state index is 9.76. The van der Waals surface area contributed by atoms with Gasteiger partial charge in [0.1, 0.15) is 6.23 Å². The fraction of sp³-hybridized carbons (Fsp3) is 0.500. The molecule has 0 bridgehead atoms. The van der Waals surface area contributed by atoms with Crippen LogP contribution in [-0.4, -0.2) is 29.7 Å². The Labute approximate surface area is 91.2 Å². The van der Waals surface area contributed by atoms with Crippen molar-refractivity contribution in [3.63, 3.8) is 0 Å². The molecule has 3 heteroatoms. The van der Waals surface area contributed by atoms with Gasteiger partial charge in [-0.2, -0.15) is 5.06 Å². The third kappa shape index (κ3) is 3.63. The number of methoxy groups -OCH3 is 1. The van der Waals surface area contributed by atoms with Crippen LogP contribution in [0.15, 0.2) is 30.3 Å². The molecule has 1 aromatic carbocycles. The SMILES string of the molecule is COC(Cc1ccccc1)N(O)C(C)C. The number of hydrogen-bond acceptors (Lipinski definition) is 3. The topological polar surface area (TPSA) is 32.7 Å². The van der Waals surface area contributed by atoms with E-state index < -0.39 is 0 Å². The van der Waals surface area contributed by atoms with E-state index in [1.165, 1.54) is 5.06 Å². The molecule has 1 aromatic rings. The van der Waals surface area contributed by atoms with E-state index in [-0.39, 0.29) is 12.3 Å². The van der Waals surface area contributed by atoms with Gasteiger partial charge in [0.15, 0.2) is 0 Å². The molecule has 0 aliphatic carbocycles. The molecule has 0 heterocycles. The van der Waals surface area contributed by atoms with Crippen molar-refractivity contribution in [3.05, 3.63) is 35.9 Å². The van der Waals surface area contributed by atoms with Crippen LogP contribution in [0.4, 0.5) is 0 Å². The zero-order valence-electron chi connectivity index (χ0n) is 9.55. The minimum Gasteiger partial charge on any atom is -0.364 e. The highest BCUT2D eigenvalue weighted by atomic mass is 16.6. The third-order valence-electron chi connectivity index (χ3n) is 2.35. The molecule has 0 amide bonds. The van der Waals surface area contributed by atoms with Crippen LogP contribution >= 0.6 is 0 Å². The molecule has 0 aromatic heterocycles. The van der Waals surface area contributed by atoms with Crippen LogP contribution < -0.4 is 0 Å². The van der Waals surface area contributed by atoms with E-state index >= 15 is 0 Å². The summed E-state index contributed by atoms with van der Waals surface area (Å²) in [6, 6.07) is 10.1. The Hall–Kier alpha value is -0.900. The van der Waals surface area contributed by atoms with Crippen molar-refractivity contribution in [3.8, 4) is 0 Å². The van der Waals surface area contributed by atoms with Crippen LogP contribution in [0, 0.1) is 0 Å². The number of ether oxygens (including phenoxy) is 1. The fourth-order valence-electron chi connectivity index (χ4n) is 1.43. The number of benzene rings is 1. The van der Waals surface area contributed by atoms with Crippen molar-refractivity contribution in [2.45, 2.75) is 32.5 Å². The first kappa shape index (κ1) is 12.2. The lowest BCUT2D eigenvalue weighted by Gasteiger charge is -2.27. The summed E-state index contributed by atoms with van der Waals surface area (Å²) >= 11 is 0. The van der Waals surface area contributed by atoms with Gasteiger partial charge in [0.25, 0.3) is 0 Å². The highest BCUT2D eigenvalue weighted by Gasteiger charge is 2.18. The lowest BCUT2D eigenvalue weighted by molar-refractivity contribution is -0.224. The molecule has 84 valence electrons. The minimum atomic E-state index is -0.285. The van der Waals surface area contributed by atoms with Crippen molar-refractivity contribution in [2.75, 3.05) is 7.11 Å². The quantitative estimate of drug-likeness (QED) is 0.596. The smallest absolute Gasteiger partial charge is 0.136 e. The summed E-state index contributed by atoms with van der Waals surface area (Å²) < 4.78 is 5.25. The summed E-state index contributed by atoms with van der Waals surface area (Å²) in [7, 11) is 1.61. The second kappa shape index (κ2) is 5.85. The Balaban J connectivity index is 2.62. The van der Waals surface area contributed by atoms with Gasteiger partial charge in [-0.3, -0.25) is 0 Å². The first-order chi connectivity index (χ1) is 7.15. The Bertz CT molecular complexity index is 274. The van der Waals surface area contributed by atoms with Crippen molar-refractivity contribution in [1.82, 2.24) is 5.06 Å². The van der Waals surface area contributed by atoms with Crippen LogP contribution in [-0.2, 0) is 11.2 Å². The lowest BCUT2D eigenvalue weighted by atomic mass is 10.1. The highest BCUT2D eigenvalue weighted by molar-refractivity contribution is 5.15. The first-order valence-electron chi connectivity index (χ1n) is 5.19. The normalized spacial score (nSPS) is 13.5. The van der Waals surface area contributed by atoms with Crippen LogP contribution in [0.5, 0.6) is 0 Å². The zero-order chi connectivity index (χ0) is 11.3. The zero-order valence-corrected chi connectivity index (χ0v) is 9.55.